The number of aliphatic hydroxyl groups excluding tert-OH is 1. The number of rotatable bonds is 4. The van der Waals surface area contributed by atoms with Crippen molar-refractivity contribution in [2.24, 2.45) is 0 Å². The fourth-order valence-corrected chi connectivity index (χ4v) is 3.28. The van der Waals surface area contributed by atoms with Gasteiger partial charge >= 0.3 is 0 Å². The number of nitrogens with zero attached hydrogens (tertiary/aromatic N) is 2. The first-order chi connectivity index (χ1) is 11.1. The van der Waals surface area contributed by atoms with Crippen LogP contribution in [-0.2, 0) is 16.0 Å². The fourth-order valence-electron chi connectivity index (χ4n) is 3.28. The molecule has 2 saturated heterocycles. The van der Waals surface area contributed by atoms with E-state index in [0.717, 1.165) is 19.5 Å². The van der Waals surface area contributed by atoms with E-state index in [1.807, 2.05) is 18.2 Å². The standard InChI is InChI=1S/C17H23N3O3/c1-12(21)15-17(23)20-10-9-19(11-14(20)16(22)18-15)8-7-13-5-3-2-4-6-13/h2-6,12,14-15,21H,7-11H2,1H3,(H,18,22)/t12-,14+,15+/m0/s1. The summed E-state index contributed by atoms with van der Waals surface area (Å²) in [5.41, 5.74) is 1.27. The smallest absolute Gasteiger partial charge is 0.248 e. The first-order valence-corrected chi connectivity index (χ1v) is 8.11. The van der Waals surface area contributed by atoms with Crippen LogP contribution < -0.4 is 5.32 Å². The molecule has 6 heteroatoms. The lowest BCUT2D eigenvalue weighted by Crippen LogP contribution is -2.71. The summed E-state index contributed by atoms with van der Waals surface area (Å²) < 4.78 is 0. The predicted molar refractivity (Wildman–Crippen MR) is 85.7 cm³/mol. The fraction of sp³-hybridized carbons (Fsp3) is 0.529. The Bertz CT molecular complexity index is 576. The summed E-state index contributed by atoms with van der Waals surface area (Å²) in [4.78, 5) is 28.5. The van der Waals surface area contributed by atoms with Crippen molar-refractivity contribution >= 4 is 11.8 Å². The van der Waals surface area contributed by atoms with E-state index in [9.17, 15) is 14.7 Å². The van der Waals surface area contributed by atoms with Crippen LogP contribution in [0, 0.1) is 0 Å². The Balaban J connectivity index is 1.60. The van der Waals surface area contributed by atoms with Gasteiger partial charge in [-0.3, -0.25) is 14.5 Å². The van der Waals surface area contributed by atoms with Crippen molar-refractivity contribution in [1.29, 1.82) is 0 Å². The SMILES string of the molecule is C[C@H](O)[C@H]1NC(=O)[C@H]2CN(CCc3ccccc3)CCN2C1=O. The third-order valence-electron chi connectivity index (χ3n) is 4.66. The van der Waals surface area contributed by atoms with Gasteiger partial charge in [0.15, 0.2) is 0 Å². The summed E-state index contributed by atoms with van der Waals surface area (Å²) in [7, 11) is 0. The van der Waals surface area contributed by atoms with Gasteiger partial charge in [-0.2, -0.15) is 0 Å². The summed E-state index contributed by atoms with van der Waals surface area (Å²) in [6, 6.07) is 8.99. The van der Waals surface area contributed by atoms with Gasteiger partial charge in [-0.1, -0.05) is 30.3 Å². The Morgan fingerprint density at radius 3 is 2.70 bits per heavy atom. The van der Waals surface area contributed by atoms with Crippen molar-refractivity contribution in [2.75, 3.05) is 26.2 Å². The number of hydrogen-bond acceptors (Lipinski definition) is 4. The van der Waals surface area contributed by atoms with E-state index in [0.29, 0.717) is 13.1 Å². The number of piperazine rings is 2. The molecule has 0 saturated carbocycles. The van der Waals surface area contributed by atoms with Crippen LogP contribution in [0.3, 0.4) is 0 Å². The van der Waals surface area contributed by atoms with Crippen molar-refractivity contribution in [1.82, 2.24) is 15.1 Å². The van der Waals surface area contributed by atoms with Crippen LogP contribution in [0.2, 0.25) is 0 Å². The van der Waals surface area contributed by atoms with Crippen LogP contribution in [-0.4, -0.2) is 71.1 Å². The lowest BCUT2D eigenvalue weighted by molar-refractivity contribution is -0.155. The molecule has 2 N–H and O–H groups in total. The summed E-state index contributed by atoms with van der Waals surface area (Å²) >= 11 is 0. The number of carbonyl (C=O) groups is 2. The lowest BCUT2D eigenvalue weighted by atomic mass is 10.0. The summed E-state index contributed by atoms with van der Waals surface area (Å²) in [5.74, 6) is -0.341. The molecule has 1 aromatic carbocycles. The first-order valence-electron chi connectivity index (χ1n) is 8.11. The van der Waals surface area contributed by atoms with Crippen LogP contribution in [0.4, 0.5) is 0 Å². The molecule has 0 radical (unpaired) electrons. The Hall–Kier alpha value is -1.92. The Morgan fingerprint density at radius 2 is 2.00 bits per heavy atom. The molecule has 1 aromatic rings. The minimum absolute atomic E-state index is 0.167. The third kappa shape index (κ3) is 3.38. The average molecular weight is 317 g/mol. The van der Waals surface area contributed by atoms with Crippen LogP contribution >= 0.6 is 0 Å². The largest absolute Gasteiger partial charge is 0.391 e. The monoisotopic (exact) mass is 317 g/mol. The number of nitrogens with one attached hydrogen (secondary N) is 1. The van der Waals surface area contributed by atoms with Gasteiger partial charge < -0.3 is 15.3 Å². The highest BCUT2D eigenvalue weighted by molar-refractivity contribution is 5.97. The van der Waals surface area contributed by atoms with E-state index in [1.165, 1.54) is 12.5 Å². The van der Waals surface area contributed by atoms with Gasteiger partial charge in [0.2, 0.25) is 11.8 Å². The maximum Gasteiger partial charge on any atom is 0.248 e. The number of carbonyl (C=O) groups excluding carboxylic acids is 2. The van der Waals surface area contributed by atoms with E-state index in [-0.39, 0.29) is 11.8 Å². The second kappa shape index (κ2) is 6.68. The molecule has 0 aliphatic carbocycles. The maximum absolute atomic E-state index is 12.4. The van der Waals surface area contributed by atoms with Gasteiger partial charge in [0.1, 0.15) is 12.1 Å². The average Bonchev–Trinajstić information content (AvgIpc) is 2.57. The van der Waals surface area contributed by atoms with Crippen molar-refractivity contribution in [3.05, 3.63) is 35.9 Å². The summed E-state index contributed by atoms with van der Waals surface area (Å²) in [6.07, 6.45) is 0.0582. The zero-order valence-electron chi connectivity index (χ0n) is 13.3. The number of hydrogen-bond donors (Lipinski definition) is 2. The van der Waals surface area contributed by atoms with E-state index in [4.69, 9.17) is 0 Å². The molecule has 3 atom stereocenters. The van der Waals surface area contributed by atoms with Gasteiger partial charge in [0, 0.05) is 26.2 Å². The lowest BCUT2D eigenvalue weighted by Gasteiger charge is -2.45. The van der Waals surface area contributed by atoms with Gasteiger partial charge in [0.25, 0.3) is 0 Å². The quantitative estimate of drug-likeness (QED) is 0.794. The minimum Gasteiger partial charge on any atom is -0.391 e. The van der Waals surface area contributed by atoms with E-state index in [1.54, 1.807) is 4.90 Å². The number of aliphatic hydroxyl groups is 1. The topological polar surface area (TPSA) is 72.9 Å². The molecule has 3 rings (SSSR count). The van der Waals surface area contributed by atoms with Crippen LogP contribution in [0.1, 0.15) is 12.5 Å². The molecule has 0 aromatic heterocycles. The third-order valence-corrected chi connectivity index (χ3v) is 4.66. The Kier molecular flexibility index (Phi) is 4.63. The van der Waals surface area contributed by atoms with Gasteiger partial charge in [-0.15, -0.1) is 0 Å². The molecule has 2 amide bonds. The van der Waals surface area contributed by atoms with Gasteiger partial charge in [-0.25, -0.2) is 0 Å². The minimum atomic E-state index is -0.872. The number of benzene rings is 1. The van der Waals surface area contributed by atoms with Crippen LogP contribution in [0.15, 0.2) is 30.3 Å². The molecule has 23 heavy (non-hydrogen) atoms. The normalized spacial score (nSPS) is 26.6. The van der Waals surface area contributed by atoms with Gasteiger partial charge in [-0.05, 0) is 18.9 Å². The van der Waals surface area contributed by atoms with Crippen molar-refractivity contribution < 1.29 is 14.7 Å². The second-order valence-corrected chi connectivity index (χ2v) is 6.31. The highest BCUT2D eigenvalue weighted by atomic mass is 16.3. The number of fused-ring (bicyclic) bond motifs is 1. The van der Waals surface area contributed by atoms with Crippen LogP contribution in [0.5, 0.6) is 0 Å². The Labute approximate surface area is 136 Å². The van der Waals surface area contributed by atoms with Gasteiger partial charge in [0.05, 0.1) is 6.10 Å². The molecule has 0 spiro atoms. The first kappa shape index (κ1) is 16.0. The maximum atomic E-state index is 12.4. The van der Waals surface area contributed by atoms with Crippen molar-refractivity contribution in [3.8, 4) is 0 Å². The van der Waals surface area contributed by atoms with Crippen LogP contribution in [0.25, 0.3) is 0 Å². The molecule has 2 aliphatic rings. The molecular weight excluding hydrogens is 294 g/mol. The highest BCUT2D eigenvalue weighted by Crippen LogP contribution is 2.18. The van der Waals surface area contributed by atoms with Crippen molar-refractivity contribution in [3.63, 3.8) is 0 Å². The zero-order valence-corrected chi connectivity index (χ0v) is 13.3. The van der Waals surface area contributed by atoms with E-state index < -0.39 is 18.2 Å². The van der Waals surface area contributed by atoms with E-state index in [2.05, 4.69) is 22.3 Å². The molecular formula is C17H23N3O3. The molecule has 2 heterocycles. The van der Waals surface area contributed by atoms with E-state index >= 15 is 0 Å². The number of amides is 2. The second-order valence-electron chi connectivity index (χ2n) is 6.31. The zero-order chi connectivity index (χ0) is 16.4. The molecule has 0 unspecified atom stereocenters. The molecule has 124 valence electrons. The molecule has 0 bridgehead atoms. The Morgan fingerprint density at radius 1 is 1.26 bits per heavy atom. The highest BCUT2D eigenvalue weighted by Gasteiger charge is 2.44. The van der Waals surface area contributed by atoms with Crippen molar-refractivity contribution in [2.45, 2.75) is 31.5 Å². The summed E-state index contributed by atoms with van der Waals surface area (Å²) in [5, 5.41) is 12.3. The summed E-state index contributed by atoms with van der Waals surface area (Å²) in [6.45, 7) is 4.25. The predicted octanol–water partition coefficient (Wildman–Crippen LogP) is -0.379. The molecule has 6 nitrogen and oxygen atoms in total. The molecule has 2 fully saturated rings. The molecule has 2 aliphatic heterocycles.